The van der Waals surface area contributed by atoms with E-state index in [4.69, 9.17) is 5.73 Å². The second-order valence-electron chi connectivity index (χ2n) is 5.86. The highest BCUT2D eigenvalue weighted by Crippen LogP contribution is 2.51. The van der Waals surface area contributed by atoms with Gasteiger partial charge >= 0.3 is 0 Å². The zero-order valence-corrected chi connectivity index (χ0v) is 11.8. The van der Waals surface area contributed by atoms with E-state index < -0.39 is 0 Å². The molecule has 3 rings (SSSR count). The molecule has 1 aliphatic rings. The Kier molecular flexibility index (Phi) is 3.35. The van der Waals surface area contributed by atoms with Crippen LogP contribution in [0.5, 0.6) is 0 Å². The van der Waals surface area contributed by atoms with E-state index in [1.54, 1.807) is 13.0 Å². The van der Waals surface area contributed by atoms with Crippen molar-refractivity contribution >= 4 is 0 Å². The van der Waals surface area contributed by atoms with Crippen LogP contribution in [0.2, 0.25) is 0 Å². The maximum Gasteiger partial charge on any atom is 0.126 e. The van der Waals surface area contributed by atoms with Gasteiger partial charge in [-0.15, -0.1) is 0 Å². The molecule has 20 heavy (non-hydrogen) atoms. The van der Waals surface area contributed by atoms with Gasteiger partial charge in [0.05, 0.1) is 0 Å². The minimum Gasteiger partial charge on any atom is -0.323 e. The highest BCUT2D eigenvalue weighted by molar-refractivity contribution is 5.36. The summed E-state index contributed by atoms with van der Waals surface area (Å²) in [5.41, 5.74) is 9.34. The van der Waals surface area contributed by atoms with Gasteiger partial charge in [0.1, 0.15) is 5.82 Å². The molecule has 2 aromatic rings. The van der Waals surface area contributed by atoms with E-state index in [-0.39, 0.29) is 17.3 Å². The van der Waals surface area contributed by atoms with Gasteiger partial charge in [-0.1, -0.05) is 48.9 Å². The summed E-state index contributed by atoms with van der Waals surface area (Å²) in [5.74, 6) is -0.166. The van der Waals surface area contributed by atoms with Crippen LogP contribution >= 0.6 is 0 Å². The zero-order chi connectivity index (χ0) is 14.2. The second kappa shape index (κ2) is 5.02. The molecule has 2 heteroatoms. The number of benzene rings is 2. The normalized spacial score (nSPS) is 18.4. The Labute approximate surface area is 119 Å². The Morgan fingerprint density at radius 1 is 1.10 bits per heavy atom. The predicted molar refractivity (Wildman–Crippen MR) is 80.0 cm³/mol. The first-order chi connectivity index (χ1) is 9.63. The molecule has 0 spiro atoms. The second-order valence-corrected chi connectivity index (χ2v) is 5.86. The molecule has 1 nitrogen and oxygen atoms in total. The van der Waals surface area contributed by atoms with Gasteiger partial charge in [-0.05, 0) is 42.5 Å². The molecular weight excluding hydrogens is 249 g/mol. The van der Waals surface area contributed by atoms with Crippen molar-refractivity contribution in [3.8, 4) is 0 Å². The molecule has 0 bridgehead atoms. The quantitative estimate of drug-likeness (QED) is 0.885. The largest absolute Gasteiger partial charge is 0.323 e. The van der Waals surface area contributed by atoms with E-state index >= 15 is 0 Å². The maximum absolute atomic E-state index is 13.8. The van der Waals surface area contributed by atoms with Crippen molar-refractivity contribution in [3.63, 3.8) is 0 Å². The summed E-state index contributed by atoms with van der Waals surface area (Å²) in [5, 5.41) is 0. The minimum absolute atomic E-state index is 0.0248. The lowest BCUT2D eigenvalue weighted by Crippen LogP contribution is -2.44. The van der Waals surface area contributed by atoms with E-state index in [0.29, 0.717) is 5.56 Å². The molecule has 1 fully saturated rings. The third-order valence-corrected chi connectivity index (χ3v) is 4.74. The molecule has 1 atom stereocenters. The average molecular weight is 269 g/mol. The van der Waals surface area contributed by atoms with E-state index in [9.17, 15) is 4.39 Å². The highest BCUT2D eigenvalue weighted by Gasteiger charge is 2.44. The van der Waals surface area contributed by atoms with Gasteiger partial charge in [-0.2, -0.15) is 0 Å². The summed E-state index contributed by atoms with van der Waals surface area (Å²) in [6.45, 7) is 1.78. The van der Waals surface area contributed by atoms with Crippen molar-refractivity contribution in [2.75, 3.05) is 0 Å². The number of halogens is 1. The summed E-state index contributed by atoms with van der Waals surface area (Å²) in [4.78, 5) is 0. The Bertz CT molecular complexity index is 602. The van der Waals surface area contributed by atoms with Crippen LogP contribution in [0.1, 0.15) is 42.0 Å². The summed E-state index contributed by atoms with van der Waals surface area (Å²) in [6.07, 6.45) is 3.35. The van der Waals surface area contributed by atoms with Crippen LogP contribution in [0, 0.1) is 12.7 Å². The molecule has 1 saturated carbocycles. The van der Waals surface area contributed by atoms with Gasteiger partial charge in [0, 0.05) is 11.5 Å². The molecule has 1 unspecified atom stereocenters. The van der Waals surface area contributed by atoms with Crippen LogP contribution in [-0.2, 0) is 5.41 Å². The third kappa shape index (κ3) is 2.04. The van der Waals surface area contributed by atoms with Crippen LogP contribution in [0.15, 0.2) is 48.5 Å². The first-order valence-electron chi connectivity index (χ1n) is 7.21. The van der Waals surface area contributed by atoms with Gasteiger partial charge < -0.3 is 5.73 Å². The van der Waals surface area contributed by atoms with Crippen LogP contribution < -0.4 is 5.73 Å². The average Bonchev–Trinajstić information content (AvgIpc) is 2.42. The molecule has 104 valence electrons. The molecule has 0 amide bonds. The molecular formula is C18H20FN. The zero-order valence-electron chi connectivity index (χ0n) is 11.8. The summed E-state index contributed by atoms with van der Waals surface area (Å²) < 4.78 is 13.8. The lowest BCUT2D eigenvalue weighted by Gasteiger charge is -2.47. The van der Waals surface area contributed by atoms with Crippen LogP contribution in [0.3, 0.4) is 0 Å². The van der Waals surface area contributed by atoms with Crippen molar-refractivity contribution in [3.05, 3.63) is 71.0 Å². The standard InChI is InChI=1S/C18H20FN/c1-13-8-9-14(12-16(13)19)17(20)18(10-5-11-18)15-6-3-2-4-7-15/h2-4,6-9,12,17H,5,10-11,20H2,1H3. The fourth-order valence-corrected chi connectivity index (χ4v) is 3.23. The molecule has 2 aromatic carbocycles. The number of hydrogen-bond donors (Lipinski definition) is 1. The minimum atomic E-state index is -0.166. The summed E-state index contributed by atoms with van der Waals surface area (Å²) >= 11 is 0. The molecule has 1 aliphatic carbocycles. The smallest absolute Gasteiger partial charge is 0.126 e. The third-order valence-electron chi connectivity index (χ3n) is 4.74. The van der Waals surface area contributed by atoms with Crippen molar-refractivity contribution in [2.24, 2.45) is 5.73 Å². The molecule has 2 N–H and O–H groups in total. The van der Waals surface area contributed by atoms with Crippen molar-refractivity contribution in [1.29, 1.82) is 0 Å². The topological polar surface area (TPSA) is 26.0 Å². The Morgan fingerprint density at radius 3 is 2.35 bits per heavy atom. The Morgan fingerprint density at radius 2 is 1.80 bits per heavy atom. The number of aryl methyl sites for hydroxylation is 1. The van der Waals surface area contributed by atoms with Crippen molar-refractivity contribution in [2.45, 2.75) is 37.6 Å². The number of rotatable bonds is 3. The van der Waals surface area contributed by atoms with Crippen LogP contribution in [0.25, 0.3) is 0 Å². The maximum atomic E-state index is 13.8. The van der Waals surface area contributed by atoms with E-state index in [1.165, 1.54) is 12.0 Å². The van der Waals surface area contributed by atoms with Gasteiger partial charge in [-0.25, -0.2) is 4.39 Å². The molecule has 0 radical (unpaired) electrons. The summed E-state index contributed by atoms with van der Waals surface area (Å²) in [7, 11) is 0. The monoisotopic (exact) mass is 269 g/mol. The fraction of sp³-hybridized carbons (Fsp3) is 0.333. The highest BCUT2D eigenvalue weighted by atomic mass is 19.1. The van der Waals surface area contributed by atoms with Crippen LogP contribution in [0.4, 0.5) is 4.39 Å². The van der Waals surface area contributed by atoms with Crippen LogP contribution in [-0.4, -0.2) is 0 Å². The predicted octanol–water partition coefficient (Wildman–Crippen LogP) is 4.26. The van der Waals surface area contributed by atoms with Crippen molar-refractivity contribution < 1.29 is 4.39 Å². The Hall–Kier alpha value is -1.67. The molecule has 0 aliphatic heterocycles. The van der Waals surface area contributed by atoms with E-state index in [2.05, 4.69) is 24.3 Å². The fourth-order valence-electron chi connectivity index (χ4n) is 3.23. The molecule has 0 aromatic heterocycles. The SMILES string of the molecule is Cc1ccc(C(N)C2(c3ccccc3)CCC2)cc1F. The van der Waals surface area contributed by atoms with E-state index in [1.807, 2.05) is 18.2 Å². The number of nitrogens with two attached hydrogens (primary N) is 1. The Balaban J connectivity index is 1.99. The first kappa shape index (κ1) is 13.3. The van der Waals surface area contributed by atoms with E-state index in [0.717, 1.165) is 18.4 Å². The van der Waals surface area contributed by atoms with Crippen molar-refractivity contribution in [1.82, 2.24) is 0 Å². The lowest BCUT2D eigenvalue weighted by atomic mass is 9.59. The lowest BCUT2D eigenvalue weighted by molar-refractivity contribution is 0.196. The van der Waals surface area contributed by atoms with Gasteiger partial charge in [0.15, 0.2) is 0 Å². The first-order valence-corrected chi connectivity index (χ1v) is 7.21. The van der Waals surface area contributed by atoms with Gasteiger partial charge in [0.2, 0.25) is 0 Å². The molecule has 0 saturated heterocycles. The number of hydrogen-bond acceptors (Lipinski definition) is 1. The van der Waals surface area contributed by atoms with Gasteiger partial charge in [-0.3, -0.25) is 0 Å². The molecule has 0 heterocycles. The van der Waals surface area contributed by atoms with Gasteiger partial charge in [0.25, 0.3) is 0 Å². The summed E-state index contributed by atoms with van der Waals surface area (Å²) in [6, 6.07) is 15.7.